The molecule has 1 saturated heterocycles. The Balaban J connectivity index is 1.42. The van der Waals surface area contributed by atoms with Crippen LogP contribution in [0.15, 0.2) is 66.9 Å². The van der Waals surface area contributed by atoms with E-state index in [9.17, 15) is 4.79 Å². The molecular weight excluding hydrogens is 310 g/mol. The largest absolute Gasteiger partial charge is 0.310 e. The Morgan fingerprint density at radius 1 is 1.08 bits per heavy atom. The molecule has 0 bridgehead atoms. The van der Waals surface area contributed by atoms with Crippen LogP contribution >= 0.6 is 0 Å². The van der Waals surface area contributed by atoms with Crippen molar-refractivity contribution in [2.24, 2.45) is 0 Å². The third-order valence-corrected chi connectivity index (χ3v) is 4.84. The van der Waals surface area contributed by atoms with Gasteiger partial charge in [0, 0.05) is 12.7 Å². The number of likely N-dealkylation sites (tertiary alicyclic amines) is 1. The number of aromatic nitrogens is 1. The molecule has 0 saturated carbocycles. The zero-order valence-corrected chi connectivity index (χ0v) is 14.1. The van der Waals surface area contributed by atoms with Gasteiger partial charge in [-0.15, -0.1) is 0 Å². The van der Waals surface area contributed by atoms with Crippen molar-refractivity contribution in [2.75, 3.05) is 25.0 Å². The minimum atomic E-state index is -0.00253. The summed E-state index contributed by atoms with van der Waals surface area (Å²) in [6.45, 7) is 2.28. The van der Waals surface area contributed by atoms with Gasteiger partial charge in [0.1, 0.15) is 5.82 Å². The van der Waals surface area contributed by atoms with E-state index in [2.05, 4.69) is 57.7 Å². The number of carbonyl (C=O) groups excluding carboxylic acids is 1. The Kier molecular flexibility index (Phi) is 4.44. The lowest BCUT2D eigenvalue weighted by molar-refractivity contribution is -0.117. The lowest BCUT2D eigenvalue weighted by Gasteiger charge is -2.17. The second-order valence-electron chi connectivity index (χ2n) is 6.55. The normalized spacial score (nSPS) is 17.7. The number of rotatable bonds is 4. The monoisotopic (exact) mass is 331 g/mol. The highest BCUT2D eigenvalue weighted by Gasteiger charge is 2.26. The van der Waals surface area contributed by atoms with E-state index in [1.807, 2.05) is 12.1 Å². The molecule has 1 amide bonds. The van der Waals surface area contributed by atoms with Crippen LogP contribution in [0.1, 0.15) is 17.9 Å². The Bertz CT molecular complexity index is 873. The Morgan fingerprint density at radius 2 is 1.92 bits per heavy atom. The van der Waals surface area contributed by atoms with E-state index >= 15 is 0 Å². The number of nitrogens with zero attached hydrogens (tertiary/aromatic N) is 2. The molecule has 0 spiro atoms. The van der Waals surface area contributed by atoms with Gasteiger partial charge in [0.2, 0.25) is 5.91 Å². The van der Waals surface area contributed by atoms with Crippen LogP contribution in [-0.2, 0) is 4.79 Å². The number of nitrogens with one attached hydrogen (secondary N) is 1. The van der Waals surface area contributed by atoms with Crippen LogP contribution in [-0.4, -0.2) is 35.4 Å². The summed E-state index contributed by atoms with van der Waals surface area (Å²) in [5, 5.41) is 5.47. The summed E-state index contributed by atoms with van der Waals surface area (Å²) in [5.41, 5.74) is 1.39. The predicted molar refractivity (Wildman–Crippen MR) is 101 cm³/mol. The van der Waals surface area contributed by atoms with E-state index in [1.165, 1.54) is 16.3 Å². The molecule has 0 aliphatic carbocycles. The molecule has 2 heterocycles. The average molecular weight is 331 g/mol. The van der Waals surface area contributed by atoms with E-state index in [-0.39, 0.29) is 5.91 Å². The van der Waals surface area contributed by atoms with Crippen molar-refractivity contribution in [2.45, 2.75) is 12.3 Å². The van der Waals surface area contributed by atoms with E-state index in [4.69, 9.17) is 0 Å². The van der Waals surface area contributed by atoms with Crippen LogP contribution in [0.25, 0.3) is 10.8 Å². The van der Waals surface area contributed by atoms with Gasteiger partial charge in [0.15, 0.2) is 0 Å². The molecule has 1 aromatic heterocycles. The molecule has 1 aliphatic rings. The second-order valence-corrected chi connectivity index (χ2v) is 6.55. The average Bonchev–Trinajstić information content (AvgIpc) is 3.10. The van der Waals surface area contributed by atoms with E-state index < -0.39 is 0 Å². The van der Waals surface area contributed by atoms with Gasteiger partial charge in [0.25, 0.3) is 0 Å². The quantitative estimate of drug-likeness (QED) is 0.793. The van der Waals surface area contributed by atoms with Crippen LogP contribution in [0.2, 0.25) is 0 Å². The third-order valence-electron chi connectivity index (χ3n) is 4.84. The highest BCUT2D eigenvalue weighted by atomic mass is 16.2. The molecule has 1 aliphatic heterocycles. The van der Waals surface area contributed by atoms with Crippen LogP contribution in [0.4, 0.5) is 5.82 Å². The fourth-order valence-corrected chi connectivity index (χ4v) is 3.66. The number of pyridine rings is 1. The number of fused-ring (bicyclic) bond motifs is 1. The highest BCUT2D eigenvalue weighted by molar-refractivity contribution is 5.91. The van der Waals surface area contributed by atoms with Gasteiger partial charge in [-0.25, -0.2) is 4.98 Å². The van der Waals surface area contributed by atoms with Gasteiger partial charge >= 0.3 is 0 Å². The van der Waals surface area contributed by atoms with Gasteiger partial charge < -0.3 is 5.32 Å². The van der Waals surface area contributed by atoms with Crippen molar-refractivity contribution < 1.29 is 4.79 Å². The van der Waals surface area contributed by atoms with E-state index in [1.54, 1.807) is 12.3 Å². The lowest BCUT2D eigenvalue weighted by Crippen LogP contribution is -2.31. The number of amides is 1. The lowest BCUT2D eigenvalue weighted by atomic mass is 9.93. The topological polar surface area (TPSA) is 45.2 Å². The van der Waals surface area contributed by atoms with Gasteiger partial charge in [-0.05, 0) is 47.4 Å². The maximum Gasteiger partial charge on any atom is 0.239 e. The third kappa shape index (κ3) is 3.54. The van der Waals surface area contributed by atoms with Gasteiger partial charge in [-0.1, -0.05) is 48.5 Å². The molecule has 4 rings (SSSR count). The minimum Gasteiger partial charge on any atom is -0.310 e. The highest BCUT2D eigenvalue weighted by Crippen LogP contribution is 2.32. The first-order valence-electron chi connectivity index (χ1n) is 8.70. The summed E-state index contributed by atoms with van der Waals surface area (Å²) in [6.07, 6.45) is 2.77. The number of benzene rings is 2. The van der Waals surface area contributed by atoms with Crippen molar-refractivity contribution in [1.29, 1.82) is 0 Å². The van der Waals surface area contributed by atoms with Crippen molar-refractivity contribution in [3.63, 3.8) is 0 Å². The maximum atomic E-state index is 12.2. The van der Waals surface area contributed by atoms with Crippen molar-refractivity contribution >= 4 is 22.5 Å². The summed E-state index contributed by atoms with van der Waals surface area (Å²) in [6, 6.07) is 20.6. The van der Waals surface area contributed by atoms with Crippen LogP contribution in [0, 0.1) is 0 Å². The summed E-state index contributed by atoms with van der Waals surface area (Å²) in [7, 11) is 0. The maximum absolute atomic E-state index is 12.2. The molecule has 0 radical (unpaired) electrons. The van der Waals surface area contributed by atoms with Crippen molar-refractivity contribution in [1.82, 2.24) is 9.88 Å². The molecule has 1 N–H and O–H groups in total. The molecule has 126 valence electrons. The van der Waals surface area contributed by atoms with Crippen molar-refractivity contribution in [3.05, 3.63) is 72.4 Å². The minimum absolute atomic E-state index is 0.00253. The molecule has 4 nitrogen and oxygen atoms in total. The zero-order chi connectivity index (χ0) is 17.1. The molecule has 1 unspecified atom stereocenters. The Hall–Kier alpha value is -2.72. The summed E-state index contributed by atoms with van der Waals surface area (Å²) in [4.78, 5) is 18.6. The fraction of sp³-hybridized carbons (Fsp3) is 0.238. The second kappa shape index (κ2) is 7.03. The van der Waals surface area contributed by atoms with Gasteiger partial charge in [-0.3, -0.25) is 9.69 Å². The zero-order valence-electron chi connectivity index (χ0n) is 14.1. The fourth-order valence-electron chi connectivity index (χ4n) is 3.66. The first kappa shape index (κ1) is 15.8. The van der Waals surface area contributed by atoms with Crippen LogP contribution < -0.4 is 5.32 Å². The van der Waals surface area contributed by atoms with Crippen LogP contribution in [0.5, 0.6) is 0 Å². The molecule has 2 aromatic carbocycles. The van der Waals surface area contributed by atoms with Gasteiger partial charge in [-0.2, -0.15) is 0 Å². The number of hydrogen-bond acceptors (Lipinski definition) is 3. The van der Waals surface area contributed by atoms with Crippen LogP contribution in [0.3, 0.4) is 0 Å². The number of hydrogen-bond donors (Lipinski definition) is 1. The Morgan fingerprint density at radius 3 is 2.80 bits per heavy atom. The van der Waals surface area contributed by atoms with E-state index in [0.29, 0.717) is 18.3 Å². The molecule has 25 heavy (non-hydrogen) atoms. The Labute approximate surface area is 147 Å². The molecule has 3 aromatic rings. The van der Waals surface area contributed by atoms with E-state index in [0.717, 1.165) is 19.5 Å². The summed E-state index contributed by atoms with van der Waals surface area (Å²) in [5.74, 6) is 1.09. The van der Waals surface area contributed by atoms with Gasteiger partial charge in [0.05, 0.1) is 6.54 Å². The number of carbonyl (C=O) groups is 1. The number of anilines is 1. The smallest absolute Gasteiger partial charge is 0.239 e. The predicted octanol–water partition coefficient (Wildman–Crippen LogP) is 3.66. The molecule has 1 fully saturated rings. The molecular formula is C21H21N3O. The molecule has 4 heteroatoms. The summed E-state index contributed by atoms with van der Waals surface area (Å²) < 4.78 is 0. The SMILES string of the molecule is O=C(CN1CCC(c2cccc3ccccc23)C1)Nc1ccccn1. The standard InChI is InChI=1S/C21H21N3O/c25-21(23-20-10-3-4-12-22-20)15-24-13-11-17(14-24)19-9-5-7-16-6-1-2-8-18(16)19/h1-10,12,17H,11,13-15H2,(H,22,23,25). The van der Waals surface area contributed by atoms with Crippen molar-refractivity contribution in [3.8, 4) is 0 Å². The molecule has 1 atom stereocenters. The first-order chi connectivity index (χ1) is 12.3. The first-order valence-corrected chi connectivity index (χ1v) is 8.70. The summed E-state index contributed by atoms with van der Waals surface area (Å²) >= 11 is 0.